The molecule has 1 fully saturated rings. The van der Waals surface area contributed by atoms with E-state index in [0.29, 0.717) is 6.04 Å². The lowest BCUT2D eigenvalue weighted by Crippen LogP contribution is -2.38. The fourth-order valence-electron chi connectivity index (χ4n) is 2.85. The van der Waals surface area contributed by atoms with E-state index in [-0.39, 0.29) is 6.04 Å². The summed E-state index contributed by atoms with van der Waals surface area (Å²) in [7, 11) is 2.17. The Kier molecular flexibility index (Phi) is 3.66. The van der Waals surface area contributed by atoms with E-state index in [9.17, 15) is 0 Å². The molecule has 2 aromatic rings. The minimum Gasteiger partial charge on any atom is -0.355 e. The van der Waals surface area contributed by atoms with Gasteiger partial charge in [-0.25, -0.2) is 4.98 Å². The maximum Gasteiger partial charge on any atom is 0.151 e. The number of nitrogens with zero attached hydrogens (tertiary/aromatic N) is 3. The second-order valence-electron chi connectivity index (χ2n) is 5.88. The predicted octanol–water partition coefficient (Wildman–Crippen LogP) is 2.60. The van der Waals surface area contributed by atoms with Crippen LogP contribution >= 0.6 is 0 Å². The predicted molar refractivity (Wildman–Crippen MR) is 83.2 cm³/mol. The largest absolute Gasteiger partial charge is 0.355 e. The van der Waals surface area contributed by atoms with Crippen LogP contribution in [0.15, 0.2) is 24.4 Å². The van der Waals surface area contributed by atoms with Gasteiger partial charge in [0.15, 0.2) is 5.82 Å². The quantitative estimate of drug-likeness (QED) is 0.910. The van der Waals surface area contributed by atoms with Crippen molar-refractivity contribution in [2.45, 2.75) is 51.1 Å². The number of fused-ring (bicyclic) bond motifs is 1. The summed E-state index contributed by atoms with van der Waals surface area (Å²) in [5.74, 6) is 1.12. The third kappa shape index (κ3) is 2.29. The molecule has 0 amide bonds. The molecule has 1 saturated carbocycles. The molecule has 3 rings (SSSR count). The number of rotatable bonds is 5. The van der Waals surface area contributed by atoms with Crippen molar-refractivity contribution < 1.29 is 0 Å². The summed E-state index contributed by atoms with van der Waals surface area (Å²) in [6.07, 6.45) is 7.87. The van der Waals surface area contributed by atoms with Crippen molar-refractivity contribution in [3.05, 3.63) is 30.1 Å². The number of anilines is 1. The zero-order chi connectivity index (χ0) is 14.1. The van der Waals surface area contributed by atoms with Gasteiger partial charge >= 0.3 is 0 Å². The Morgan fingerprint density at radius 1 is 1.45 bits per heavy atom. The second-order valence-corrected chi connectivity index (χ2v) is 5.88. The molecular weight excluding hydrogens is 248 g/mol. The first kappa shape index (κ1) is 13.4. The van der Waals surface area contributed by atoms with Crippen LogP contribution in [0.25, 0.3) is 5.65 Å². The smallest absolute Gasteiger partial charge is 0.151 e. The molecule has 2 aromatic heterocycles. The van der Waals surface area contributed by atoms with Crippen molar-refractivity contribution in [2.24, 2.45) is 5.73 Å². The molecule has 108 valence electrons. The van der Waals surface area contributed by atoms with E-state index in [1.54, 1.807) is 0 Å². The highest BCUT2D eigenvalue weighted by Gasteiger charge is 2.26. The van der Waals surface area contributed by atoms with Gasteiger partial charge in [0, 0.05) is 31.7 Å². The standard InChI is InChI=1S/C16H24N4/c1-3-12(17)11-14-16(19(2)13-7-6-8-13)18-15-9-4-5-10-20(14)15/h4-5,9-10,12-13H,3,6-8,11,17H2,1-2H3. The molecular formula is C16H24N4. The lowest BCUT2D eigenvalue weighted by atomic mass is 9.92. The van der Waals surface area contributed by atoms with E-state index >= 15 is 0 Å². The van der Waals surface area contributed by atoms with Crippen LogP contribution in [0.2, 0.25) is 0 Å². The zero-order valence-electron chi connectivity index (χ0n) is 12.4. The first-order chi connectivity index (χ1) is 9.70. The lowest BCUT2D eigenvalue weighted by Gasteiger charge is -2.35. The highest BCUT2D eigenvalue weighted by Crippen LogP contribution is 2.31. The van der Waals surface area contributed by atoms with Gasteiger partial charge in [0.25, 0.3) is 0 Å². The summed E-state index contributed by atoms with van der Waals surface area (Å²) in [6, 6.07) is 7.01. The number of aromatic nitrogens is 2. The molecule has 2 N–H and O–H groups in total. The Morgan fingerprint density at radius 3 is 2.90 bits per heavy atom. The van der Waals surface area contributed by atoms with Gasteiger partial charge < -0.3 is 15.0 Å². The number of imidazole rings is 1. The average molecular weight is 272 g/mol. The zero-order valence-corrected chi connectivity index (χ0v) is 12.4. The molecule has 0 spiro atoms. The summed E-state index contributed by atoms with van der Waals surface area (Å²) in [6.45, 7) is 2.14. The lowest BCUT2D eigenvalue weighted by molar-refractivity contribution is 0.398. The number of hydrogen-bond donors (Lipinski definition) is 1. The molecule has 0 aliphatic heterocycles. The second kappa shape index (κ2) is 5.44. The molecule has 1 aliphatic carbocycles. The van der Waals surface area contributed by atoms with Crippen LogP contribution < -0.4 is 10.6 Å². The summed E-state index contributed by atoms with van der Waals surface area (Å²) in [4.78, 5) is 7.19. The van der Waals surface area contributed by atoms with Crippen LogP contribution in [0, 0.1) is 0 Å². The molecule has 1 atom stereocenters. The average Bonchev–Trinajstić information content (AvgIpc) is 2.76. The van der Waals surface area contributed by atoms with Crippen LogP contribution in [0.3, 0.4) is 0 Å². The summed E-state index contributed by atoms with van der Waals surface area (Å²) in [5, 5.41) is 0. The van der Waals surface area contributed by atoms with Crippen molar-refractivity contribution in [1.82, 2.24) is 9.38 Å². The van der Waals surface area contributed by atoms with Crippen molar-refractivity contribution in [3.8, 4) is 0 Å². The molecule has 2 heterocycles. The highest BCUT2D eigenvalue weighted by atomic mass is 15.2. The minimum atomic E-state index is 0.198. The fraction of sp³-hybridized carbons (Fsp3) is 0.562. The number of nitrogens with two attached hydrogens (primary N) is 1. The maximum atomic E-state index is 6.19. The third-order valence-corrected chi connectivity index (χ3v) is 4.54. The molecule has 20 heavy (non-hydrogen) atoms. The van der Waals surface area contributed by atoms with Gasteiger partial charge in [0.05, 0.1) is 5.69 Å². The van der Waals surface area contributed by atoms with Gasteiger partial charge in [0.1, 0.15) is 5.65 Å². The maximum absolute atomic E-state index is 6.19. The van der Waals surface area contributed by atoms with E-state index in [1.165, 1.54) is 25.0 Å². The molecule has 0 bridgehead atoms. The number of hydrogen-bond acceptors (Lipinski definition) is 3. The first-order valence-electron chi connectivity index (χ1n) is 7.65. The Balaban J connectivity index is 2.02. The van der Waals surface area contributed by atoms with Crippen LogP contribution in [0.4, 0.5) is 5.82 Å². The van der Waals surface area contributed by atoms with Crippen LogP contribution in [-0.2, 0) is 6.42 Å². The van der Waals surface area contributed by atoms with E-state index in [2.05, 4.69) is 41.6 Å². The Morgan fingerprint density at radius 2 is 2.25 bits per heavy atom. The normalized spacial score (nSPS) is 17.1. The Bertz CT molecular complexity index is 585. The minimum absolute atomic E-state index is 0.198. The van der Waals surface area contributed by atoms with E-state index in [0.717, 1.165) is 24.3 Å². The van der Waals surface area contributed by atoms with E-state index in [1.807, 2.05) is 6.07 Å². The fourth-order valence-corrected chi connectivity index (χ4v) is 2.85. The van der Waals surface area contributed by atoms with Crippen molar-refractivity contribution in [2.75, 3.05) is 11.9 Å². The van der Waals surface area contributed by atoms with Crippen LogP contribution in [-0.4, -0.2) is 28.5 Å². The SMILES string of the molecule is CCC(N)Cc1c(N(C)C2CCC2)nc2ccccn12. The van der Waals surface area contributed by atoms with Gasteiger partial charge in [-0.3, -0.25) is 0 Å². The van der Waals surface area contributed by atoms with Crippen LogP contribution in [0.5, 0.6) is 0 Å². The Hall–Kier alpha value is -1.55. The van der Waals surface area contributed by atoms with Crippen molar-refractivity contribution in [3.63, 3.8) is 0 Å². The first-order valence-corrected chi connectivity index (χ1v) is 7.65. The third-order valence-electron chi connectivity index (χ3n) is 4.54. The monoisotopic (exact) mass is 272 g/mol. The van der Waals surface area contributed by atoms with Gasteiger partial charge in [-0.15, -0.1) is 0 Å². The summed E-state index contributed by atoms with van der Waals surface area (Å²) < 4.78 is 2.19. The van der Waals surface area contributed by atoms with Crippen molar-refractivity contribution in [1.29, 1.82) is 0 Å². The van der Waals surface area contributed by atoms with Gasteiger partial charge in [-0.1, -0.05) is 13.0 Å². The van der Waals surface area contributed by atoms with Gasteiger partial charge in [0.2, 0.25) is 0 Å². The topological polar surface area (TPSA) is 46.6 Å². The molecule has 4 nitrogen and oxygen atoms in total. The highest BCUT2D eigenvalue weighted by molar-refractivity contribution is 5.56. The summed E-state index contributed by atoms with van der Waals surface area (Å²) in [5.41, 5.74) is 8.46. The van der Waals surface area contributed by atoms with Gasteiger partial charge in [-0.2, -0.15) is 0 Å². The molecule has 0 radical (unpaired) electrons. The molecule has 0 saturated heterocycles. The summed E-state index contributed by atoms with van der Waals surface area (Å²) >= 11 is 0. The van der Waals surface area contributed by atoms with Crippen molar-refractivity contribution >= 4 is 11.5 Å². The molecule has 1 unspecified atom stereocenters. The van der Waals surface area contributed by atoms with Crippen LogP contribution in [0.1, 0.15) is 38.3 Å². The molecule has 0 aromatic carbocycles. The molecule has 4 heteroatoms. The number of pyridine rings is 1. The Labute approximate surface area is 120 Å². The van der Waals surface area contributed by atoms with E-state index in [4.69, 9.17) is 10.7 Å². The van der Waals surface area contributed by atoms with E-state index < -0.39 is 0 Å². The molecule has 1 aliphatic rings. The van der Waals surface area contributed by atoms with Gasteiger partial charge in [-0.05, 0) is 37.8 Å².